The maximum Gasteiger partial charge on any atom is 0.242 e. The summed E-state index contributed by atoms with van der Waals surface area (Å²) in [4.78, 5) is 4.43. The predicted molar refractivity (Wildman–Crippen MR) is 75.5 cm³/mol. The van der Waals surface area contributed by atoms with Crippen LogP contribution in [0.3, 0.4) is 0 Å². The predicted octanol–water partition coefficient (Wildman–Crippen LogP) is 2.08. The molecule has 5 heteroatoms. The number of hydrogen-bond acceptors (Lipinski definition) is 4. The number of pyridine rings is 1. The van der Waals surface area contributed by atoms with Crippen LogP contribution in [0.15, 0.2) is 48.7 Å². The molecule has 0 radical (unpaired) electrons. The van der Waals surface area contributed by atoms with Crippen LogP contribution in [0.4, 0.5) is 0 Å². The number of benzene rings is 1. The van der Waals surface area contributed by atoms with Crippen molar-refractivity contribution < 1.29 is 9.84 Å². The maximum absolute atomic E-state index is 9.15. The molecular weight excluding hydrogens is 254 g/mol. The lowest BCUT2D eigenvalue weighted by atomic mass is 10.2. The van der Waals surface area contributed by atoms with Gasteiger partial charge in [0.15, 0.2) is 0 Å². The summed E-state index contributed by atoms with van der Waals surface area (Å²) in [5, 5.41) is 9.15. The molecule has 0 fully saturated rings. The number of hydrogen-bond donors (Lipinski definition) is 2. The van der Waals surface area contributed by atoms with Crippen molar-refractivity contribution in [2.75, 3.05) is 0 Å². The molecule has 20 heavy (non-hydrogen) atoms. The van der Waals surface area contributed by atoms with Gasteiger partial charge < -0.3 is 15.6 Å². The summed E-state index contributed by atoms with van der Waals surface area (Å²) in [6.45, 7) is 0.312. The SMILES string of the molecule is NCc1c(Oc2cccc(CO)c2)nc2ccccn12. The monoisotopic (exact) mass is 269 g/mol. The van der Waals surface area contributed by atoms with Crippen molar-refractivity contribution in [3.63, 3.8) is 0 Å². The largest absolute Gasteiger partial charge is 0.437 e. The first-order valence-corrected chi connectivity index (χ1v) is 6.35. The van der Waals surface area contributed by atoms with E-state index in [4.69, 9.17) is 15.6 Å². The molecule has 0 aliphatic rings. The van der Waals surface area contributed by atoms with Gasteiger partial charge in [0.2, 0.25) is 5.88 Å². The zero-order valence-electron chi connectivity index (χ0n) is 10.9. The summed E-state index contributed by atoms with van der Waals surface area (Å²) in [5.74, 6) is 1.13. The fourth-order valence-corrected chi connectivity index (χ4v) is 2.11. The Morgan fingerprint density at radius 1 is 1.20 bits per heavy atom. The molecule has 3 rings (SSSR count). The van der Waals surface area contributed by atoms with E-state index >= 15 is 0 Å². The average molecular weight is 269 g/mol. The summed E-state index contributed by atoms with van der Waals surface area (Å²) in [7, 11) is 0. The van der Waals surface area contributed by atoms with Crippen molar-refractivity contribution >= 4 is 5.65 Å². The van der Waals surface area contributed by atoms with Crippen LogP contribution in [-0.2, 0) is 13.2 Å². The molecule has 2 heterocycles. The molecule has 0 bridgehead atoms. The van der Waals surface area contributed by atoms with Crippen LogP contribution in [0.25, 0.3) is 5.65 Å². The zero-order chi connectivity index (χ0) is 13.9. The molecule has 0 atom stereocenters. The van der Waals surface area contributed by atoms with Gasteiger partial charge in [-0.05, 0) is 29.8 Å². The number of ether oxygens (including phenoxy) is 1. The highest BCUT2D eigenvalue weighted by molar-refractivity contribution is 5.47. The van der Waals surface area contributed by atoms with E-state index in [0.29, 0.717) is 18.2 Å². The third-order valence-electron chi connectivity index (χ3n) is 3.08. The fourth-order valence-electron chi connectivity index (χ4n) is 2.11. The Kier molecular flexibility index (Phi) is 3.37. The summed E-state index contributed by atoms with van der Waals surface area (Å²) in [5.41, 5.74) is 8.19. The molecule has 5 nitrogen and oxygen atoms in total. The Hall–Kier alpha value is -2.37. The van der Waals surface area contributed by atoms with Crippen LogP contribution in [0, 0.1) is 0 Å². The molecule has 0 saturated heterocycles. The van der Waals surface area contributed by atoms with Crippen molar-refractivity contribution in [3.05, 3.63) is 59.9 Å². The van der Waals surface area contributed by atoms with Gasteiger partial charge in [0.1, 0.15) is 17.1 Å². The van der Waals surface area contributed by atoms with Crippen LogP contribution in [0.5, 0.6) is 11.6 Å². The molecule has 0 unspecified atom stereocenters. The van der Waals surface area contributed by atoms with Crippen LogP contribution >= 0.6 is 0 Å². The number of nitrogens with zero attached hydrogens (tertiary/aromatic N) is 2. The van der Waals surface area contributed by atoms with E-state index in [2.05, 4.69) is 4.98 Å². The zero-order valence-corrected chi connectivity index (χ0v) is 10.9. The van der Waals surface area contributed by atoms with Gasteiger partial charge in [-0.1, -0.05) is 18.2 Å². The molecule has 3 aromatic rings. The summed E-state index contributed by atoms with van der Waals surface area (Å²) >= 11 is 0. The molecule has 0 spiro atoms. The first kappa shape index (κ1) is 12.7. The number of rotatable bonds is 4. The van der Waals surface area contributed by atoms with E-state index in [1.165, 1.54) is 0 Å². The van der Waals surface area contributed by atoms with Crippen molar-refractivity contribution in [2.45, 2.75) is 13.2 Å². The molecular formula is C15H15N3O2. The third-order valence-corrected chi connectivity index (χ3v) is 3.08. The molecule has 1 aromatic carbocycles. The maximum atomic E-state index is 9.15. The minimum Gasteiger partial charge on any atom is -0.437 e. The normalized spacial score (nSPS) is 10.9. The van der Waals surface area contributed by atoms with E-state index in [9.17, 15) is 0 Å². The van der Waals surface area contributed by atoms with Crippen molar-refractivity contribution in [2.24, 2.45) is 5.73 Å². The number of aromatic nitrogens is 2. The third kappa shape index (κ3) is 2.24. The Balaban J connectivity index is 2.01. The lowest BCUT2D eigenvalue weighted by Crippen LogP contribution is -2.02. The van der Waals surface area contributed by atoms with Crippen molar-refractivity contribution in [1.82, 2.24) is 9.38 Å². The lowest BCUT2D eigenvalue weighted by Gasteiger charge is -2.06. The first-order chi connectivity index (χ1) is 9.81. The van der Waals surface area contributed by atoms with Gasteiger partial charge in [-0.3, -0.25) is 4.40 Å². The average Bonchev–Trinajstić information content (AvgIpc) is 2.84. The Morgan fingerprint density at radius 2 is 2.10 bits per heavy atom. The molecule has 102 valence electrons. The van der Waals surface area contributed by atoms with E-state index in [0.717, 1.165) is 16.9 Å². The molecule has 3 N–H and O–H groups in total. The number of aliphatic hydroxyl groups excluding tert-OH is 1. The van der Waals surface area contributed by atoms with E-state index in [1.807, 2.05) is 47.0 Å². The summed E-state index contributed by atoms with van der Waals surface area (Å²) < 4.78 is 7.71. The fraction of sp³-hybridized carbons (Fsp3) is 0.133. The summed E-state index contributed by atoms with van der Waals surface area (Å²) in [6.07, 6.45) is 1.90. The Labute approximate surface area is 116 Å². The van der Waals surface area contributed by atoms with Crippen molar-refractivity contribution in [1.29, 1.82) is 0 Å². The van der Waals surface area contributed by atoms with Crippen LogP contribution in [0.1, 0.15) is 11.3 Å². The van der Waals surface area contributed by atoms with Gasteiger partial charge in [-0.25, -0.2) is 0 Å². The van der Waals surface area contributed by atoms with Gasteiger partial charge in [0.05, 0.1) is 6.61 Å². The van der Waals surface area contributed by atoms with Gasteiger partial charge in [0.25, 0.3) is 0 Å². The molecule has 0 saturated carbocycles. The van der Waals surface area contributed by atoms with E-state index in [-0.39, 0.29) is 6.61 Å². The second kappa shape index (κ2) is 5.32. The summed E-state index contributed by atoms with van der Waals surface area (Å²) in [6, 6.07) is 13.0. The lowest BCUT2D eigenvalue weighted by molar-refractivity contribution is 0.281. The second-order valence-corrected chi connectivity index (χ2v) is 4.40. The van der Waals surface area contributed by atoms with Crippen LogP contribution < -0.4 is 10.5 Å². The minimum absolute atomic E-state index is 0.0217. The van der Waals surface area contributed by atoms with Crippen LogP contribution in [0.2, 0.25) is 0 Å². The minimum atomic E-state index is -0.0217. The van der Waals surface area contributed by atoms with E-state index < -0.39 is 0 Å². The molecule has 0 aliphatic carbocycles. The van der Waals surface area contributed by atoms with Gasteiger partial charge >= 0.3 is 0 Å². The number of imidazole rings is 1. The highest BCUT2D eigenvalue weighted by Crippen LogP contribution is 2.26. The van der Waals surface area contributed by atoms with E-state index in [1.54, 1.807) is 6.07 Å². The van der Waals surface area contributed by atoms with Gasteiger partial charge in [-0.2, -0.15) is 4.98 Å². The van der Waals surface area contributed by atoms with Crippen LogP contribution in [-0.4, -0.2) is 14.5 Å². The smallest absolute Gasteiger partial charge is 0.242 e. The highest BCUT2D eigenvalue weighted by Gasteiger charge is 2.12. The quantitative estimate of drug-likeness (QED) is 0.760. The number of nitrogens with two attached hydrogens (primary N) is 1. The second-order valence-electron chi connectivity index (χ2n) is 4.40. The van der Waals surface area contributed by atoms with Gasteiger partial charge in [-0.15, -0.1) is 0 Å². The standard InChI is InChI=1S/C15H15N3O2/c16-9-13-15(17-14-6-1-2-7-18(13)14)20-12-5-3-4-11(8-12)10-19/h1-8,19H,9-10,16H2. The van der Waals surface area contributed by atoms with Crippen molar-refractivity contribution in [3.8, 4) is 11.6 Å². The molecule has 2 aromatic heterocycles. The number of fused-ring (bicyclic) bond motifs is 1. The highest BCUT2D eigenvalue weighted by atomic mass is 16.5. The molecule has 0 amide bonds. The Morgan fingerprint density at radius 3 is 2.90 bits per heavy atom. The Bertz CT molecular complexity index is 737. The van der Waals surface area contributed by atoms with Gasteiger partial charge in [0, 0.05) is 12.7 Å². The topological polar surface area (TPSA) is 72.8 Å². The number of aliphatic hydroxyl groups is 1. The first-order valence-electron chi connectivity index (χ1n) is 6.35. The molecule has 0 aliphatic heterocycles.